The van der Waals surface area contributed by atoms with Crippen molar-refractivity contribution < 1.29 is 14.6 Å². The molecule has 4 nitrogen and oxygen atoms in total. The van der Waals surface area contributed by atoms with Gasteiger partial charge in [0.25, 0.3) is 0 Å². The first kappa shape index (κ1) is 15.4. The molecular weight excluding hydrogens is 290 g/mol. The summed E-state index contributed by atoms with van der Waals surface area (Å²) in [6.45, 7) is 0.228. The Kier molecular flexibility index (Phi) is 5.60. The highest BCUT2D eigenvalue weighted by Crippen LogP contribution is 2.21. The molecule has 1 amide bonds. The summed E-state index contributed by atoms with van der Waals surface area (Å²) in [5.74, 6) is 0. The van der Waals surface area contributed by atoms with Crippen LogP contribution >= 0.6 is 11.6 Å². The summed E-state index contributed by atoms with van der Waals surface area (Å²) in [5, 5.41) is 13.0. The van der Waals surface area contributed by atoms with Gasteiger partial charge in [0.05, 0.1) is 12.6 Å². The van der Waals surface area contributed by atoms with E-state index in [1.807, 2.05) is 30.3 Å². The molecule has 1 atom stereocenters. The number of carbonyl (C=O) groups is 1. The molecule has 0 unspecified atom stereocenters. The van der Waals surface area contributed by atoms with Crippen LogP contribution in [0, 0.1) is 0 Å². The van der Waals surface area contributed by atoms with Crippen LogP contribution in [0.25, 0.3) is 0 Å². The highest BCUT2D eigenvalue weighted by molar-refractivity contribution is 6.31. The number of nitrogens with one attached hydrogen (secondary N) is 1. The average Bonchev–Trinajstić information content (AvgIpc) is 2.52. The molecule has 0 heterocycles. The quantitative estimate of drug-likeness (QED) is 0.891. The number of rotatable bonds is 5. The predicted octanol–water partition coefficient (Wildman–Crippen LogP) is 3.30. The first-order valence-electron chi connectivity index (χ1n) is 6.54. The second-order valence-corrected chi connectivity index (χ2v) is 4.89. The summed E-state index contributed by atoms with van der Waals surface area (Å²) < 4.78 is 5.05. The number of aliphatic hydroxyl groups is 1. The van der Waals surface area contributed by atoms with E-state index in [0.717, 1.165) is 5.56 Å². The van der Waals surface area contributed by atoms with Crippen LogP contribution in [0.5, 0.6) is 0 Å². The Morgan fingerprint density at radius 1 is 1.14 bits per heavy atom. The SMILES string of the molecule is O=C(NC[C@@H](O)c1ccccc1Cl)OCc1ccccc1. The Balaban J connectivity index is 1.77. The number of hydrogen-bond donors (Lipinski definition) is 2. The standard InChI is InChI=1S/C16H16ClNO3/c17-14-9-5-4-8-13(14)15(19)10-18-16(20)21-11-12-6-2-1-3-7-12/h1-9,15,19H,10-11H2,(H,18,20)/t15-/m1/s1. The van der Waals surface area contributed by atoms with E-state index < -0.39 is 12.2 Å². The van der Waals surface area contributed by atoms with Crippen molar-refractivity contribution in [2.24, 2.45) is 0 Å². The lowest BCUT2D eigenvalue weighted by Crippen LogP contribution is -2.29. The van der Waals surface area contributed by atoms with E-state index in [1.165, 1.54) is 0 Å². The van der Waals surface area contributed by atoms with Gasteiger partial charge >= 0.3 is 6.09 Å². The minimum absolute atomic E-state index is 0.0390. The van der Waals surface area contributed by atoms with Crippen molar-refractivity contribution in [3.63, 3.8) is 0 Å². The highest BCUT2D eigenvalue weighted by Gasteiger charge is 2.12. The van der Waals surface area contributed by atoms with Crippen LogP contribution in [0.15, 0.2) is 54.6 Å². The molecule has 5 heteroatoms. The molecule has 0 fully saturated rings. The molecule has 0 radical (unpaired) electrons. The molecule has 2 aromatic rings. The largest absolute Gasteiger partial charge is 0.445 e. The maximum Gasteiger partial charge on any atom is 0.407 e. The van der Waals surface area contributed by atoms with Crippen LogP contribution < -0.4 is 5.32 Å². The Hall–Kier alpha value is -2.04. The molecule has 21 heavy (non-hydrogen) atoms. The van der Waals surface area contributed by atoms with Gasteiger partial charge < -0.3 is 15.2 Å². The van der Waals surface area contributed by atoms with E-state index in [1.54, 1.807) is 24.3 Å². The third-order valence-corrected chi connectivity index (χ3v) is 3.26. The summed E-state index contributed by atoms with van der Waals surface area (Å²) in [4.78, 5) is 11.6. The molecule has 0 aliphatic rings. The van der Waals surface area contributed by atoms with Gasteiger partial charge in [-0.3, -0.25) is 0 Å². The van der Waals surface area contributed by atoms with Gasteiger partial charge in [0.15, 0.2) is 0 Å². The average molecular weight is 306 g/mol. The number of aliphatic hydroxyl groups excluding tert-OH is 1. The predicted molar refractivity (Wildman–Crippen MR) is 81.0 cm³/mol. The number of carbonyl (C=O) groups excluding carboxylic acids is 1. The van der Waals surface area contributed by atoms with E-state index in [0.29, 0.717) is 10.6 Å². The van der Waals surface area contributed by atoms with Gasteiger partial charge in [-0.05, 0) is 11.6 Å². The fourth-order valence-corrected chi connectivity index (χ4v) is 2.07. The van der Waals surface area contributed by atoms with E-state index in [2.05, 4.69) is 5.32 Å². The fraction of sp³-hybridized carbons (Fsp3) is 0.188. The van der Waals surface area contributed by atoms with Crippen molar-refractivity contribution in [2.75, 3.05) is 6.54 Å². The van der Waals surface area contributed by atoms with Crippen molar-refractivity contribution in [1.82, 2.24) is 5.32 Å². The number of benzene rings is 2. The van der Waals surface area contributed by atoms with Crippen molar-refractivity contribution in [2.45, 2.75) is 12.7 Å². The van der Waals surface area contributed by atoms with Crippen LogP contribution in [0.4, 0.5) is 4.79 Å². The van der Waals surface area contributed by atoms with Gasteiger partial charge in [-0.1, -0.05) is 60.1 Å². The number of alkyl carbamates (subject to hydrolysis) is 1. The maximum atomic E-state index is 11.6. The number of halogens is 1. The molecule has 0 saturated carbocycles. The van der Waals surface area contributed by atoms with Crippen LogP contribution in [-0.4, -0.2) is 17.7 Å². The Morgan fingerprint density at radius 3 is 2.52 bits per heavy atom. The van der Waals surface area contributed by atoms with Crippen molar-refractivity contribution in [1.29, 1.82) is 0 Å². The molecule has 0 aliphatic carbocycles. The Labute approximate surface area is 128 Å². The maximum absolute atomic E-state index is 11.6. The summed E-state index contributed by atoms with van der Waals surface area (Å²) >= 11 is 5.97. The molecular formula is C16H16ClNO3. The normalized spacial score (nSPS) is 11.7. The summed E-state index contributed by atoms with van der Waals surface area (Å²) in [5.41, 5.74) is 1.47. The second kappa shape index (κ2) is 7.67. The van der Waals surface area contributed by atoms with Crippen LogP contribution in [0.1, 0.15) is 17.2 Å². The van der Waals surface area contributed by atoms with Gasteiger partial charge in [-0.2, -0.15) is 0 Å². The Morgan fingerprint density at radius 2 is 1.81 bits per heavy atom. The van der Waals surface area contributed by atoms with Crippen LogP contribution in [0.3, 0.4) is 0 Å². The topological polar surface area (TPSA) is 58.6 Å². The molecule has 2 N–H and O–H groups in total. The van der Waals surface area contributed by atoms with Crippen molar-refractivity contribution in [3.05, 3.63) is 70.7 Å². The molecule has 0 bridgehead atoms. The summed E-state index contributed by atoms with van der Waals surface area (Å²) in [6, 6.07) is 16.3. The van der Waals surface area contributed by atoms with Crippen molar-refractivity contribution in [3.8, 4) is 0 Å². The van der Waals surface area contributed by atoms with E-state index >= 15 is 0 Å². The van der Waals surface area contributed by atoms with Gasteiger partial charge in [-0.15, -0.1) is 0 Å². The molecule has 2 rings (SSSR count). The lowest BCUT2D eigenvalue weighted by molar-refractivity contribution is 0.126. The van der Waals surface area contributed by atoms with Crippen LogP contribution in [0.2, 0.25) is 5.02 Å². The van der Waals surface area contributed by atoms with E-state index in [9.17, 15) is 9.90 Å². The zero-order valence-electron chi connectivity index (χ0n) is 11.3. The van der Waals surface area contributed by atoms with E-state index in [4.69, 9.17) is 16.3 Å². The minimum Gasteiger partial charge on any atom is -0.445 e. The van der Waals surface area contributed by atoms with Gasteiger partial charge in [0.2, 0.25) is 0 Å². The monoisotopic (exact) mass is 305 g/mol. The number of amides is 1. The number of ether oxygens (including phenoxy) is 1. The minimum atomic E-state index is -0.872. The molecule has 110 valence electrons. The summed E-state index contributed by atoms with van der Waals surface area (Å²) in [6.07, 6.45) is -1.45. The smallest absolute Gasteiger partial charge is 0.407 e. The lowest BCUT2D eigenvalue weighted by atomic mass is 10.1. The third-order valence-electron chi connectivity index (χ3n) is 2.92. The Bertz CT molecular complexity index is 589. The molecule has 0 saturated heterocycles. The first-order valence-corrected chi connectivity index (χ1v) is 6.91. The van der Waals surface area contributed by atoms with E-state index in [-0.39, 0.29) is 13.2 Å². The zero-order chi connectivity index (χ0) is 15.1. The fourth-order valence-electron chi connectivity index (χ4n) is 1.81. The molecule has 0 spiro atoms. The second-order valence-electron chi connectivity index (χ2n) is 4.48. The zero-order valence-corrected chi connectivity index (χ0v) is 12.1. The third kappa shape index (κ3) is 4.77. The first-order chi connectivity index (χ1) is 10.2. The number of hydrogen-bond acceptors (Lipinski definition) is 3. The van der Waals surface area contributed by atoms with Crippen LogP contribution in [-0.2, 0) is 11.3 Å². The highest BCUT2D eigenvalue weighted by atomic mass is 35.5. The van der Waals surface area contributed by atoms with Gasteiger partial charge in [-0.25, -0.2) is 4.79 Å². The van der Waals surface area contributed by atoms with Crippen molar-refractivity contribution >= 4 is 17.7 Å². The summed E-state index contributed by atoms with van der Waals surface area (Å²) in [7, 11) is 0. The van der Waals surface area contributed by atoms with Gasteiger partial charge in [0, 0.05) is 10.6 Å². The van der Waals surface area contributed by atoms with Gasteiger partial charge in [0.1, 0.15) is 6.61 Å². The molecule has 0 aliphatic heterocycles. The molecule has 2 aromatic carbocycles. The molecule has 0 aromatic heterocycles. The lowest BCUT2D eigenvalue weighted by Gasteiger charge is -2.13.